The van der Waals surface area contributed by atoms with E-state index < -0.39 is 0 Å². The maximum atomic E-state index is 11.6. The van der Waals surface area contributed by atoms with Gasteiger partial charge in [-0.15, -0.1) is 0 Å². The molecule has 1 fully saturated rings. The Morgan fingerprint density at radius 3 is 2.21 bits per heavy atom. The zero-order valence-electron chi connectivity index (χ0n) is 13.7. The van der Waals surface area contributed by atoms with Gasteiger partial charge in [0.25, 0.3) is 0 Å². The number of hydrogen-bond acceptors (Lipinski definition) is 2. The average Bonchev–Trinajstić information content (AvgIpc) is 2.42. The highest BCUT2D eigenvalue weighted by atomic mass is 16.2. The summed E-state index contributed by atoms with van der Waals surface area (Å²) in [5.41, 5.74) is 0. The molecule has 0 saturated carbocycles. The lowest BCUT2D eigenvalue weighted by Crippen LogP contribution is -2.49. The Hall–Kier alpha value is -0.570. The summed E-state index contributed by atoms with van der Waals surface area (Å²) in [5.74, 6) is 0.252. The number of amides is 1. The summed E-state index contributed by atoms with van der Waals surface area (Å²) in [6.45, 7) is 14.5. The molecule has 1 aliphatic rings. The lowest BCUT2D eigenvalue weighted by Gasteiger charge is -2.38. The molecule has 0 spiro atoms. The molecular weight excluding hydrogens is 236 g/mol. The first-order valence-electron chi connectivity index (χ1n) is 8.18. The molecule has 3 nitrogen and oxygen atoms in total. The molecule has 1 amide bonds. The zero-order valence-corrected chi connectivity index (χ0v) is 13.7. The van der Waals surface area contributed by atoms with Crippen LogP contribution in [0.1, 0.15) is 66.7 Å². The number of carbonyl (C=O) groups is 1. The van der Waals surface area contributed by atoms with Gasteiger partial charge in [0.2, 0.25) is 5.91 Å². The second-order valence-electron chi connectivity index (χ2n) is 5.16. The Labute approximate surface area is 120 Å². The third-order valence-corrected chi connectivity index (χ3v) is 3.58. The Morgan fingerprint density at radius 2 is 1.74 bits per heavy atom. The van der Waals surface area contributed by atoms with E-state index in [1.165, 1.54) is 32.1 Å². The summed E-state index contributed by atoms with van der Waals surface area (Å²) in [6.07, 6.45) is 6.04. The summed E-state index contributed by atoms with van der Waals surface area (Å²) in [4.78, 5) is 16.2. The quantitative estimate of drug-likeness (QED) is 0.737. The molecule has 1 heterocycles. The molecule has 0 N–H and O–H groups in total. The number of rotatable bonds is 6. The standard InChI is InChI=1S/C14H28N2O.C2H6/c1-4-9-15(10-5-2)12-14-8-6-7-11-16(14)13(3)17;1-2/h14H,4-12H2,1-3H3;1-2H3. The normalized spacial score (nSPS) is 19.1. The van der Waals surface area contributed by atoms with Crippen LogP contribution in [0, 0.1) is 0 Å². The lowest BCUT2D eigenvalue weighted by molar-refractivity contribution is -0.132. The molecule has 0 bridgehead atoms. The molecule has 0 aromatic heterocycles. The minimum Gasteiger partial charge on any atom is -0.339 e. The zero-order chi connectivity index (χ0) is 14.7. The van der Waals surface area contributed by atoms with E-state index in [4.69, 9.17) is 0 Å². The highest BCUT2D eigenvalue weighted by Crippen LogP contribution is 2.18. The highest BCUT2D eigenvalue weighted by Gasteiger charge is 2.25. The van der Waals surface area contributed by atoms with Crippen LogP contribution in [0.2, 0.25) is 0 Å². The van der Waals surface area contributed by atoms with Gasteiger partial charge < -0.3 is 9.80 Å². The number of hydrogen-bond donors (Lipinski definition) is 0. The first-order valence-corrected chi connectivity index (χ1v) is 8.18. The van der Waals surface area contributed by atoms with Crippen molar-refractivity contribution in [2.45, 2.75) is 72.8 Å². The third kappa shape index (κ3) is 6.95. The second kappa shape index (κ2) is 11.3. The van der Waals surface area contributed by atoms with E-state index in [0.717, 1.165) is 26.2 Å². The van der Waals surface area contributed by atoms with Crippen molar-refractivity contribution in [2.75, 3.05) is 26.2 Å². The van der Waals surface area contributed by atoms with E-state index >= 15 is 0 Å². The highest BCUT2D eigenvalue weighted by molar-refractivity contribution is 5.73. The van der Waals surface area contributed by atoms with Crippen LogP contribution in [0.15, 0.2) is 0 Å². The van der Waals surface area contributed by atoms with E-state index in [-0.39, 0.29) is 5.91 Å². The monoisotopic (exact) mass is 270 g/mol. The summed E-state index contributed by atoms with van der Waals surface area (Å²) in [5, 5.41) is 0. The fraction of sp³-hybridized carbons (Fsp3) is 0.938. The Bertz CT molecular complexity index is 225. The van der Waals surface area contributed by atoms with Gasteiger partial charge in [0.05, 0.1) is 0 Å². The SMILES string of the molecule is CC.CCCN(CCC)CC1CCCCN1C(C)=O. The van der Waals surface area contributed by atoms with E-state index in [2.05, 4.69) is 23.6 Å². The number of carbonyl (C=O) groups excluding carboxylic acids is 1. The molecular formula is C16H34N2O. The largest absolute Gasteiger partial charge is 0.339 e. The van der Waals surface area contributed by atoms with Gasteiger partial charge in [0.1, 0.15) is 0 Å². The van der Waals surface area contributed by atoms with Crippen molar-refractivity contribution in [1.82, 2.24) is 9.80 Å². The molecule has 19 heavy (non-hydrogen) atoms. The summed E-state index contributed by atoms with van der Waals surface area (Å²) in [6, 6.07) is 0.458. The number of nitrogens with zero attached hydrogens (tertiary/aromatic N) is 2. The third-order valence-electron chi connectivity index (χ3n) is 3.58. The minimum absolute atomic E-state index is 0.252. The molecule has 1 saturated heterocycles. The van der Waals surface area contributed by atoms with E-state index in [9.17, 15) is 4.79 Å². The van der Waals surface area contributed by atoms with Crippen LogP contribution in [0.5, 0.6) is 0 Å². The van der Waals surface area contributed by atoms with Crippen molar-refractivity contribution in [1.29, 1.82) is 0 Å². The second-order valence-corrected chi connectivity index (χ2v) is 5.16. The van der Waals surface area contributed by atoms with Gasteiger partial charge in [0.15, 0.2) is 0 Å². The van der Waals surface area contributed by atoms with Crippen LogP contribution in [0.4, 0.5) is 0 Å². The molecule has 0 radical (unpaired) electrons. The van der Waals surface area contributed by atoms with Gasteiger partial charge in [-0.1, -0.05) is 27.7 Å². The Balaban J connectivity index is 0.00000154. The van der Waals surface area contributed by atoms with Gasteiger partial charge in [-0.05, 0) is 45.2 Å². The minimum atomic E-state index is 0.252. The lowest BCUT2D eigenvalue weighted by atomic mass is 10.0. The number of likely N-dealkylation sites (tertiary alicyclic amines) is 1. The van der Waals surface area contributed by atoms with Crippen molar-refractivity contribution >= 4 is 5.91 Å². The number of piperidine rings is 1. The fourth-order valence-electron chi connectivity index (χ4n) is 2.83. The van der Waals surface area contributed by atoms with Crippen molar-refractivity contribution < 1.29 is 4.79 Å². The maximum absolute atomic E-state index is 11.6. The van der Waals surface area contributed by atoms with Crippen molar-refractivity contribution in [2.24, 2.45) is 0 Å². The molecule has 1 aliphatic heterocycles. The molecule has 1 atom stereocenters. The topological polar surface area (TPSA) is 23.6 Å². The first kappa shape index (κ1) is 18.4. The van der Waals surface area contributed by atoms with Gasteiger partial charge in [-0.3, -0.25) is 4.79 Å². The van der Waals surface area contributed by atoms with Crippen LogP contribution in [-0.2, 0) is 4.79 Å². The van der Waals surface area contributed by atoms with E-state index in [1.807, 2.05) is 13.8 Å². The van der Waals surface area contributed by atoms with Gasteiger partial charge >= 0.3 is 0 Å². The molecule has 1 rings (SSSR count). The predicted molar refractivity (Wildman–Crippen MR) is 83.4 cm³/mol. The molecule has 1 unspecified atom stereocenters. The van der Waals surface area contributed by atoms with E-state index in [0.29, 0.717) is 6.04 Å². The van der Waals surface area contributed by atoms with Gasteiger partial charge in [0, 0.05) is 26.1 Å². The smallest absolute Gasteiger partial charge is 0.219 e. The summed E-state index contributed by atoms with van der Waals surface area (Å²) >= 11 is 0. The van der Waals surface area contributed by atoms with E-state index in [1.54, 1.807) is 6.92 Å². The molecule has 0 aliphatic carbocycles. The van der Waals surface area contributed by atoms with Crippen LogP contribution in [0.3, 0.4) is 0 Å². The van der Waals surface area contributed by atoms with Crippen molar-refractivity contribution in [3.8, 4) is 0 Å². The average molecular weight is 270 g/mol. The maximum Gasteiger partial charge on any atom is 0.219 e. The van der Waals surface area contributed by atoms with Crippen molar-refractivity contribution in [3.05, 3.63) is 0 Å². The van der Waals surface area contributed by atoms with Crippen LogP contribution < -0.4 is 0 Å². The predicted octanol–water partition coefficient (Wildman–Crippen LogP) is 3.54. The van der Waals surface area contributed by atoms with Gasteiger partial charge in [-0.25, -0.2) is 0 Å². The summed E-state index contributed by atoms with van der Waals surface area (Å²) in [7, 11) is 0. The van der Waals surface area contributed by atoms with Gasteiger partial charge in [-0.2, -0.15) is 0 Å². The molecule has 114 valence electrons. The molecule has 3 heteroatoms. The molecule has 0 aromatic rings. The van der Waals surface area contributed by atoms with Crippen LogP contribution >= 0.6 is 0 Å². The Kier molecular flexibility index (Phi) is 10.9. The first-order chi connectivity index (χ1) is 9.19. The van der Waals surface area contributed by atoms with Crippen LogP contribution in [0.25, 0.3) is 0 Å². The Morgan fingerprint density at radius 1 is 1.16 bits per heavy atom. The van der Waals surface area contributed by atoms with Crippen LogP contribution in [-0.4, -0.2) is 47.9 Å². The molecule has 0 aromatic carbocycles. The summed E-state index contributed by atoms with van der Waals surface area (Å²) < 4.78 is 0. The van der Waals surface area contributed by atoms with Crippen molar-refractivity contribution in [3.63, 3.8) is 0 Å². The fourth-order valence-corrected chi connectivity index (χ4v) is 2.83.